The fourth-order valence-corrected chi connectivity index (χ4v) is 2.56. The van der Waals surface area contributed by atoms with Crippen molar-refractivity contribution in [1.29, 1.82) is 5.26 Å². The van der Waals surface area contributed by atoms with Gasteiger partial charge in [-0.2, -0.15) is 41.8 Å². The first kappa shape index (κ1) is 23.8. The second-order valence-electron chi connectivity index (χ2n) is 6.39. The van der Waals surface area contributed by atoms with Crippen LogP contribution in [0.4, 0.5) is 32.0 Å². The van der Waals surface area contributed by atoms with Gasteiger partial charge in [0.25, 0.3) is 11.1 Å². The van der Waals surface area contributed by atoms with Crippen molar-refractivity contribution in [3.05, 3.63) is 65.7 Å². The predicted octanol–water partition coefficient (Wildman–Crippen LogP) is 4.67. The lowest BCUT2D eigenvalue weighted by Gasteiger charge is -2.32. The fourth-order valence-electron chi connectivity index (χ4n) is 2.56. The van der Waals surface area contributed by atoms with Crippen molar-refractivity contribution in [2.45, 2.75) is 29.9 Å². The number of carboxylic acid groups (broad SMARTS) is 1. The van der Waals surface area contributed by atoms with Gasteiger partial charge in [0.2, 0.25) is 0 Å². The summed E-state index contributed by atoms with van der Waals surface area (Å²) in [6, 6.07) is 11.4. The third kappa shape index (κ3) is 4.66. The molecule has 0 amide bonds. The van der Waals surface area contributed by atoms with E-state index < -0.39 is 35.0 Å². The highest BCUT2D eigenvalue weighted by atomic mass is 19.4. The van der Waals surface area contributed by atoms with Gasteiger partial charge in [0, 0.05) is 12.0 Å². The summed E-state index contributed by atoms with van der Waals surface area (Å²) in [5.41, 5.74) is -8.90. The number of azo groups is 1. The Hall–Kier alpha value is -3.46. The first-order valence-electron chi connectivity index (χ1n) is 8.35. The molecule has 0 fully saturated rings. The zero-order chi connectivity index (χ0) is 23.5. The van der Waals surface area contributed by atoms with E-state index in [-0.39, 0.29) is 12.1 Å². The van der Waals surface area contributed by atoms with Crippen LogP contribution in [0.2, 0.25) is 0 Å². The average molecular weight is 445 g/mol. The molecular formula is C19H13F6N3O3. The van der Waals surface area contributed by atoms with Gasteiger partial charge in [0.1, 0.15) is 6.07 Å². The number of aliphatic hydroxyl groups is 1. The summed E-state index contributed by atoms with van der Waals surface area (Å²) < 4.78 is 77.5. The number of aliphatic carboxylic acids is 1. The molecule has 0 aliphatic heterocycles. The van der Waals surface area contributed by atoms with E-state index in [1.807, 2.05) is 0 Å². The number of benzene rings is 2. The number of nitrogens with zero attached hydrogens (tertiary/aromatic N) is 3. The monoisotopic (exact) mass is 445 g/mol. The number of hydrogen-bond acceptors (Lipinski definition) is 5. The number of nitriles is 1. The van der Waals surface area contributed by atoms with Gasteiger partial charge in [0.05, 0.1) is 5.69 Å². The zero-order valence-corrected chi connectivity index (χ0v) is 15.3. The first-order chi connectivity index (χ1) is 14.3. The van der Waals surface area contributed by atoms with Crippen molar-refractivity contribution in [3.63, 3.8) is 0 Å². The predicted molar refractivity (Wildman–Crippen MR) is 93.1 cm³/mol. The minimum absolute atomic E-state index is 0.329. The summed E-state index contributed by atoms with van der Waals surface area (Å²) in [5, 5.41) is 35.1. The van der Waals surface area contributed by atoms with Crippen molar-refractivity contribution in [2.24, 2.45) is 10.2 Å². The highest BCUT2D eigenvalue weighted by molar-refractivity contribution is 5.83. The van der Waals surface area contributed by atoms with Crippen LogP contribution in [-0.4, -0.2) is 34.1 Å². The van der Waals surface area contributed by atoms with E-state index >= 15 is 0 Å². The molecule has 1 atom stereocenters. The Morgan fingerprint density at radius 1 is 0.935 bits per heavy atom. The van der Waals surface area contributed by atoms with Gasteiger partial charge in [-0.3, -0.25) is 0 Å². The quantitative estimate of drug-likeness (QED) is 0.498. The third-order valence-corrected chi connectivity index (χ3v) is 4.28. The molecule has 2 N–H and O–H groups in total. The molecule has 6 nitrogen and oxygen atoms in total. The number of carbonyl (C=O) groups is 1. The van der Waals surface area contributed by atoms with E-state index in [1.165, 1.54) is 18.2 Å². The van der Waals surface area contributed by atoms with Crippen molar-refractivity contribution in [3.8, 4) is 6.07 Å². The first-order valence-corrected chi connectivity index (χ1v) is 8.35. The smallest absolute Gasteiger partial charge is 0.430 e. The summed E-state index contributed by atoms with van der Waals surface area (Å²) in [5.74, 6) is -1.65. The van der Waals surface area contributed by atoms with E-state index in [9.17, 15) is 46.6 Å². The summed E-state index contributed by atoms with van der Waals surface area (Å²) in [7, 11) is 0. The number of hydrogen-bond donors (Lipinski definition) is 2. The molecule has 0 aliphatic carbocycles. The normalized spacial score (nSPS) is 14.8. The van der Waals surface area contributed by atoms with Crippen molar-refractivity contribution in [1.82, 2.24) is 0 Å². The summed E-state index contributed by atoms with van der Waals surface area (Å²) in [4.78, 5) is 11.6. The lowest BCUT2D eigenvalue weighted by molar-refractivity contribution is -0.376. The fraction of sp³-hybridized carbons (Fsp3) is 0.263. The maximum atomic E-state index is 12.9. The number of alkyl halides is 6. The molecule has 164 valence electrons. The van der Waals surface area contributed by atoms with Crippen LogP contribution in [0, 0.1) is 11.3 Å². The molecule has 1 unspecified atom stereocenters. The van der Waals surface area contributed by atoms with Crippen LogP contribution < -0.4 is 0 Å². The highest BCUT2D eigenvalue weighted by Crippen LogP contribution is 2.50. The summed E-state index contributed by atoms with van der Waals surface area (Å²) in [6.45, 7) is 0. The van der Waals surface area contributed by atoms with E-state index in [0.29, 0.717) is 29.8 Å². The minimum Gasteiger partial charge on any atom is -0.479 e. The van der Waals surface area contributed by atoms with Crippen LogP contribution in [-0.2, 0) is 16.8 Å². The Bertz CT molecular complexity index is 984. The molecule has 0 saturated carbocycles. The summed E-state index contributed by atoms with van der Waals surface area (Å²) >= 11 is 0. The van der Waals surface area contributed by atoms with Crippen LogP contribution in [0.3, 0.4) is 0 Å². The van der Waals surface area contributed by atoms with Gasteiger partial charge >= 0.3 is 18.3 Å². The molecular weight excluding hydrogens is 432 g/mol. The second kappa shape index (κ2) is 8.35. The summed E-state index contributed by atoms with van der Waals surface area (Å²) in [6.07, 6.45) is -12.5. The molecule has 2 rings (SSSR count). The topological polar surface area (TPSA) is 106 Å². The number of rotatable bonds is 6. The van der Waals surface area contributed by atoms with Gasteiger partial charge in [-0.15, -0.1) is 0 Å². The number of carboxylic acids is 1. The molecule has 31 heavy (non-hydrogen) atoms. The SMILES string of the molecule is N#CC(Cc1ccccc1)(N=Nc1ccc(C(O)(C(F)(F)F)C(F)(F)F)cc1)C(=O)O. The van der Waals surface area contributed by atoms with Gasteiger partial charge in [-0.1, -0.05) is 42.5 Å². The van der Waals surface area contributed by atoms with E-state index in [2.05, 4.69) is 10.2 Å². The van der Waals surface area contributed by atoms with Crippen molar-refractivity contribution in [2.75, 3.05) is 0 Å². The maximum Gasteiger partial charge on any atom is 0.430 e. The molecule has 2 aromatic rings. The maximum absolute atomic E-state index is 12.9. The number of halogens is 6. The molecule has 0 aromatic heterocycles. The largest absolute Gasteiger partial charge is 0.479 e. The van der Waals surface area contributed by atoms with E-state index in [0.717, 1.165) is 0 Å². The molecule has 12 heteroatoms. The standard InChI is InChI=1S/C19H13F6N3O3/c20-18(21,22)17(31,19(23,24)25)13-6-8-14(9-7-13)27-28-16(11-26,15(29)30)10-12-4-2-1-3-5-12/h1-9,31H,10H2,(H,29,30). The van der Waals surface area contributed by atoms with Crippen molar-refractivity contribution < 1.29 is 41.4 Å². The second-order valence-corrected chi connectivity index (χ2v) is 6.39. The molecule has 0 spiro atoms. The molecule has 0 heterocycles. The highest BCUT2D eigenvalue weighted by Gasteiger charge is 2.71. The molecule has 0 bridgehead atoms. The van der Waals surface area contributed by atoms with Gasteiger partial charge < -0.3 is 10.2 Å². The molecule has 0 aliphatic rings. The van der Waals surface area contributed by atoms with Crippen LogP contribution >= 0.6 is 0 Å². The van der Waals surface area contributed by atoms with E-state index in [1.54, 1.807) is 18.2 Å². The Labute approximate surface area is 171 Å². The Balaban J connectivity index is 2.40. The lowest BCUT2D eigenvalue weighted by Crippen LogP contribution is -2.53. The van der Waals surface area contributed by atoms with Crippen LogP contribution in [0.1, 0.15) is 11.1 Å². The molecule has 0 radical (unpaired) electrons. The lowest BCUT2D eigenvalue weighted by atomic mass is 9.92. The van der Waals surface area contributed by atoms with Crippen LogP contribution in [0.15, 0.2) is 64.8 Å². The molecule has 0 saturated heterocycles. The Kier molecular flexibility index (Phi) is 6.41. The van der Waals surface area contributed by atoms with Gasteiger partial charge in [-0.05, 0) is 17.7 Å². The molecule has 2 aromatic carbocycles. The third-order valence-electron chi connectivity index (χ3n) is 4.28. The Morgan fingerprint density at radius 2 is 1.45 bits per heavy atom. The Morgan fingerprint density at radius 3 is 1.87 bits per heavy atom. The van der Waals surface area contributed by atoms with Gasteiger partial charge in [0.15, 0.2) is 0 Å². The van der Waals surface area contributed by atoms with Gasteiger partial charge in [-0.25, -0.2) is 4.79 Å². The van der Waals surface area contributed by atoms with Crippen LogP contribution in [0.5, 0.6) is 0 Å². The zero-order valence-electron chi connectivity index (χ0n) is 15.3. The van der Waals surface area contributed by atoms with Crippen LogP contribution in [0.25, 0.3) is 0 Å². The minimum atomic E-state index is -6.05. The average Bonchev–Trinajstić information content (AvgIpc) is 2.69. The van der Waals surface area contributed by atoms with E-state index in [4.69, 9.17) is 0 Å². The van der Waals surface area contributed by atoms with Crippen molar-refractivity contribution >= 4 is 11.7 Å².